The molecule has 3 aliphatic heterocycles. The summed E-state index contributed by atoms with van der Waals surface area (Å²) >= 11 is 0. The Morgan fingerprint density at radius 3 is 1.53 bits per heavy atom. The van der Waals surface area contributed by atoms with Crippen LogP contribution in [0.3, 0.4) is 0 Å². The molecule has 0 radical (unpaired) electrons. The second kappa shape index (κ2) is 18.6. The van der Waals surface area contributed by atoms with Crippen molar-refractivity contribution in [2.75, 3.05) is 38.5 Å². The van der Waals surface area contributed by atoms with Gasteiger partial charge in [-0.25, -0.2) is 32.4 Å². The predicted molar refractivity (Wildman–Crippen MR) is 245 cm³/mol. The summed E-state index contributed by atoms with van der Waals surface area (Å²) in [6, 6.07) is 13.5. The lowest BCUT2D eigenvalue weighted by Crippen LogP contribution is -2.51. The van der Waals surface area contributed by atoms with Gasteiger partial charge in [0.2, 0.25) is 11.8 Å². The Morgan fingerprint density at radius 1 is 0.682 bits per heavy atom. The number of imidazole rings is 2. The molecule has 0 spiro atoms. The molecule has 0 bridgehead atoms. The van der Waals surface area contributed by atoms with Gasteiger partial charge in [-0.2, -0.15) is 0 Å². The molecule has 4 amide bonds. The first-order valence-corrected chi connectivity index (χ1v) is 24.4. The van der Waals surface area contributed by atoms with Crippen molar-refractivity contribution in [3.63, 3.8) is 0 Å². The smallest absolute Gasteiger partial charge is 0.407 e. The van der Waals surface area contributed by atoms with Crippen molar-refractivity contribution in [2.24, 2.45) is 11.8 Å². The van der Waals surface area contributed by atoms with Gasteiger partial charge in [-0.1, -0.05) is 39.8 Å². The lowest BCUT2D eigenvalue weighted by atomic mass is 10.0. The summed E-state index contributed by atoms with van der Waals surface area (Å²) in [5.74, 6) is -0.309. The van der Waals surface area contributed by atoms with Crippen LogP contribution < -0.4 is 15.5 Å². The molecule has 66 heavy (non-hydrogen) atoms. The van der Waals surface area contributed by atoms with Gasteiger partial charge in [0.05, 0.1) is 60.5 Å². The van der Waals surface area contributed by atoms with Gasteiger partial charge in [0, 0.05) is 25.0 Å². The number of alkyl carbamates (subject to hydrolysis) is 2. The summed E-state index contributed by atoms with van der Waals surface area (Å²) in [5.41, 5.74) is 5.36. The Hall–Kier alpha value is -6.24. The minimum Gasteiger partial charge on any atom is -0.453 e. The van der Waals surface area contributed by atoms with Gasteiger partial charge >= 0.3 is 12.2 Å². The van der Waals surface area contributed by atoms with Crippen LogP contribution in [-0.2, 0) is 28.9 Å². The van der Waals surface area contributed by atoms with Crippen LogP contribution in [0.5, 0.6) is 0 Å². The number of likely N-dealkylation sites (tertiary alicyclic amines) is 2. The molecule has 0 unspecified atom stereocenters. The molecule has 0 aliphatic carbocycles. The van der Waals surface area contributed by atoms with E-state index in [-0.39, 0.29) is 52.7 Å². The van der Waals surface area contributed by atoms with Gasteiger partial charge in [-0.3, -0.25) is 9.59 Å². The number of methoxy groups -OCH3 is 2. The van der Waals surface area contributed by atoms with Crippen LogP contribution in [0, 0.1) is 17.7 Å². The molecule has 3 aliphatic rings. The normalized spacial score (nSPS) is 21.0. The number of carbonyl (C=O) groups excluding carboxylic acids is 4. The zero-order valence-corrected chi connectivity index (χ0v) is 39.1. The Bertz CT molecular complexity index is 2630. The van der Waals surface area contributed by atoms with Crippen molar-refractivity contribution in [3.8, 4) is 0 Å². The van der Waals surface area contributed by atoms with E-state index in [0.717, 1.165) is 41.3 Å². The van der Waals surface area contributed by atoms with Gasteiger partial charge in [0.1, 0.15) is 34.4 Å². The highest BCUT2D eigenvalue weighted by molar-refractivity contribution is 7.90. The fourth-order valence-electron chi connectivity index (χ4n) is 9.99. The maximum Gasteiger partial charge on any atom is 0.407 e. The number of benzene rings is 3. The summed E-state index contributed by atoms with van der Waals surface area (Å²) in [5, 5.41) is 5.39. The molecule has 2 aromatic heterocycles. The van der Waals surface area contributed by atoms with E-state index in [4.69, 9.17) is 19.4 Å². The number of halogens is 1. The third kappa shape index (κ3) is 9.00. The number of anilines is 1. The van der Waals surface area contributed by atoms with Crippen molar-refractivity contribution in [1.82, 2.24) is 40.4 Å². The van der Waals surface area contributed by atoms with E-state index < -0.39 is 39.9 Å². The first-order chi connectivity index (χ1) is 31.5. The number of aromatic nitrogens is 4. The van der Waals surface area contributed by atoms with Gasteiger partial charge in [-0.15, -0.1) is 0 Å². The van der Waals surface area contributed by atoms with Crippen molar-refractivity contribution in [3.05, 3.63) is 83.2 Å². The van der Waals surface area contributed by atoms with Crippen LogP contribution in [0.25, 0.3) is 22.1 Å². The van der Waals surface area contributed by atoms with Gasteiger partial charge in [-0.05, 0) is 104 Å². The highest BCUT2D eigenvalue weighted by atomic mass is 32.2. The topological polar surface area (TPSA) is 212 Å². The molecule has 19 heteroatoms. The van der Waals surface area contributed by atoms with Crippen LogP contribution in [0.1, 0.15) is 113 Å². The van der Waals surface area contributed by atoms with Gasteiger partial charge < -0.3 is 44.8 Å². The number of hydrogen-bond donors (Lipinski definition) is 4. The summed E-state index contributed by atoms with van der Waals surface area (Å²) in [4.78, 5) is 74.1. The third-order valence-corrected chi connectivity index (χ3v) is 14.4. The minimum absolute atomic E-state index is 0.175. The second-order valence-corrected chi connectivity index (χ2v) is 20.3. The van der Waals surface area contributed by atoms with Gasteiger partial charge in [0.15, 0.2) is 9.84 Å². The first-order valence-electron chi connectivity index (χ1n) is 22.5. The van der Waals surface area contributed by atoms with Crippen LogP contribution in [0.2, 0.25) is 0 Å². The number of hydrogen-bond acceptors (Lipinski definition) is 11. The van der Waals surface area contributed by atoms with E-state index in [9.17, 15) is 27.6 Å². The predicted octanol–water partition coefficient (Wildman–Crippen LogP) is 7.15. The Kier molecular flexibility index (Phi) is 13.0. The monoisotopic (exact) mass is 927 g/mol. The SMILES string of the molecule is COC(=O)N[C@H](C(=O)N1CCC[C@H]1c1nc2ccc([C@H]3CC[C@H](c4ccc5nc([C@@H]6CCCN6C(=O)[C@@H](NC(=O)OC)C(C)C)[nH]c5c4)N3c3ccc(S(C)(=O)=O)c(F)c3)cc2[nH]1)C(C)C. The number of rotatable bonds is 12. The summed E-state index contributed by atoms with van der Waals surface area (Å²) < 4.78 is 50.3. The average Bonchev–Trinajstić information content (AvgIpc) is 4.14. The van der Waals surface area contributed by atoms with E-state index in [1.807, 2.05) is 64.1 Å². The van der Waals surface area contributed by atoms with Gasteiger partial charge in [0.25, 0.3) is 0 Å². The fraction of sp³-hybridized carbons (Fsp3) is 0.489. The number of nitrogens with zero attached hydrogens (tertiary/aromatic N) is 5. The molecular formula is C47H58FN9O8S. The van der Waals surface area contributed by atoms with Crippen LogP contribution >= 0.6 is 0 Å². The molecule has 8 rings (SSSR count). The van der Waals surface area contributed by atoms with Crippen LogP contribution in [-0.4, -0.2) is 108 Å². The molecule has 5 heterocycles. The van der Waals surface area contributed by atoms with Crippen LogP contribution in [0.15, 0.2) is 59.5 Å². The molecule has 5 aromatic rings. The Labute approximate surface area is 383 Å². The number of ether oxygens (including phenoxy) is 2. The third-order valence-electron chi connectivity index (χ3n) is 13.3. The van der Waals surface area contributed by atoms with Crippen molar-refractivity contribution in [2.45, 2.75) is 107 Å². The lowest BCUT2D eigenvalue weighted by Gasteiger charge is -2.33. The number of amides is 4. The van der Waals surface area contributed by atoms with E-state index in [0.29, 0.717) is 67.1 Å². The largest absolute Gasteiger partial charge is 0.453 e. The zero-order valence-electron chi connectivity index (χ0n) is 38.3. The number of nitrogens with one attached hydrogen (secondary N) is 4. The fourth-order valence-corrected chi connectivity index (χ4v) is 10.7. The standard InChI is InChI=1S/C47H58FN9O8S/c1-25(2)40(53-46(60)64-5)44(58)55-20-8-10-37(55)42-49-31-15-12-27(22-33(31)51-42)35-17-18-36(57(35)29-14-19-39(30(48)24-29)66(7,62)63)28-13-16-32-34(23-28)52-43(50-32)38-11-9-21-56(38)45(59)41(26(3)4)54-47(61)65-6/h12-16,19,22-26,35-38,40-41H,8-11,17-18,20-21H2,1-7H3,(H,49,51)(H,50,52)(H,53,60)(H,54,61)/t35-,36-,37+,38+,40+,41+/m1/s1. The van der Waals surface area contributed by atoms with E-state index in [1.165, 1.54) is 26.4 Å². The molecule has 4 N–H and O–H groups in total. The molecule has 352 valence electrons. The van der Waals surface area contributed by atoms with Crippen molar-refractivity contribution >= 4 is 61.6 Å². The highest BCUT2D eigenvalue weighted by Gasteiger charge is 2.41. The van der Waals surface area contributed by atoms with E-state index >= 15 is 4.39 Å². The Balaban J connectivity index is 1.10. The number of fused-ring (bicyclic) bond motifs is 2. The quantitative estimate of drug-likeness (QED) is 0.0987. The summed E-state index contributed by atoms with van der Waals surface area (Å²) in [6.45, 7) is 8.52. The minimum atomic E-state index is -3.83. The maximum absolute atomic E-state index is 15.8. The maximum atomic E-state index is 15.8. The van der Waals surface area contributed by atoms with Crippen molar-refractivity contribution < 1.29 is 41.5 Å². The average molecular weight is 928 g/mol. The van der Waals surface area contributed by atoms with Crippen molar-refractivity contribution in [1.29, 1.82) is 0 Å². The number of aromatic amines is 2. The number of H-pyrrole nitrogens is 2. The molecule has 3 fully saturated rings. The molecule has 3 saturated heterocycles. The molecule has 6 atom stereocenters. The molecule has 3 aromatic carbocycles. The molecule has 17 nitrogen and oxygen atoms in total. The van der Waals surface area contributed by atoms with E-state index in [1.54, 1.807) is 15.9 Å². The summed E-state index contributed by atoms with van der Waals surface area (Å²) in [7, 11) is -1.30. The lowest BCUT2D eigenvalue weighted by molar-refractivity contribution is -0.136. The highest BCUT2D eigenvalue weighted by Crippen LogP contribution is 2.48. The summed E-state index contributed by atoms with van der Waals surface area (Å²) in [6.07, 6.45) is 3.95. The number of carbonyl (C=O) groups is 4. The molecular weight excluding hydrogens is 870 g/mol. The molecule has 0 saturated carbocycles. The van der Waals surface area contributed by atoms with Crippen LogP contribution in [0.4, 0.5) is 19.7 Å². The number of sulfone groups is 1. The second-order valence-electron chi connectivity index (χ2n) is 18.3. The van der Waals surface area contributed by atoms with E-state index in [2.05, 4.69) is 25.5 Å². The first kappa shape index (κ1) is 46.3. The Morgan fingerprint density at radius 2 is 1.14 bits per heavy atom. The zero-order chi connectivity index (χ0) is 47.2.